The Kier molecular flexibility index (Phi) is 3.61. The lowest BCUT2D eigenvalue weighted by Crippen LogP contribution is -2.40. The van der Waals surface area contributed by atoms with Gasteiger partial charge in [-0.15, -0.1) is 0 Å². The van der Waals surface area contributed by atoms with Gasteiger partial charge >= 0.3 is 0 Å². The van der Waals surface area contributed by atoms with Crippen LogP contribution in [0.25, 0.3) is 0 Å². The van der Waals surface area contributed by atoms with E-state index in [4.69, 9.17) is 0 Å². The highest BCUT2D eigenvalue weighted by atomic mass is 15.3. The molecule has 0 spiro atoms. The summed E-state index contributed by atoms with van der Waals surface area (Å²) in [5.74, 6) is 0. The second kappa shape index (κ2) is 4.97. The van der Waals surface area contributed by atoms with Crippen molar-refractivity contribution < 1.29 is 0 Å². The smallest absolute Gasteiger partial charge is 0.0952 e. The molecular formula is C12H22N4. The molecule has 0 saturated heterocycles. The molecule has 0 saturated carbocycles. The number of hydrogen-bond donors (Lipinski definition) is 0. The van der Waals surface area contributed by atoms with Gasteiger partial charge < -0.3 is 9.47 Å². The molecule has 4 nitrogen and oxygen atoms in total. The van der Waals surface area contributed by atoms with Crippen molar-refractivity contribution in [2.24, 2.45) is 0 Å². The van der Waals surface area contributed by atoms with Crippen LogP contribution in [-0.2, 0) is 6.54 Å². The average molecular weight is 222 g/mol. The molecule has 0 aromatic carbocycles. The molecule has 1 aliphatic heterocycles. The van der Waals surface area contributed by atoms with Crippen molar-refractivity contribution in [3.05, 3.63) is 18.2 Å². The van der Waals surface area contributed by atoms with Crippen LogP contribution in [0.15, 0.2) is 12.5 Å². The largest absolute Gasteiger partial charge is 0.328 e. The third kappa shape index (κ3) is 2.28. The molecule has 0 aliphatic carbocycles. The summed E-state index contributed by atoms with van der Waals surface area (Å²) >= 11 is 0. The van der Waals surface area contributed by atoms with Gasteiger partial charge in [-0.05, 0) is 20.1 Å². The number of likely N-dealkylation sites (N-methyl/N-ethyl adjacent to an activating group) is 2. The SMILES string of the molecule is CCN(CC)C[C@H]1CN(C)Cc2cncn21. The predicted octanol–water partition coefficient (Wildman–Crippen LogP) is 1.21. The molecule has 2 rings (SSSR count). The Morgan fingerprint density at radius 2 is 2.19 bits per heavy atom. The lowest BCUT2D eigenvalue weighted by molar-refractivity contribution is 0.171. The van der Waals surface area contributed by atoms with Crippen LogP contribution in [0.3, 0.4) is 0 Å². The van der Waals surface area contributed by atoms with Crippen molar-refractivity contribution in [3.63, 3.8) is 0 Å². The molecule has 0 N–H and O–H groups in total. The van der Waals surface area contributed by atoms with E-state index in [1.54, 1.807) is 0 Å². The van der Waals surface area contributed by atoms with E-state index in [2.05, 4.69) is 40.2 Å². The molecular weight excluding hydrogens is 200 g/mol. The molecule has 2 heterocycles. The molecule has 0 amide bonds. The van der Waals surface area contributed by atoms with Crippen LogP contribution >= 0.6 is 0 Å². The van der Waals surface area contributed by atoms with E-state index in [-0.39, 0.29) is 0 Å². The van der Waals surface area contributed by atoms with Crippen LogP contribution in [0, 0.1) is 0 Å². The van der Waals surface area contributed by atoms with Gasteiger partial charge in [0, 0.05) is 25.8 Å². The first kappa shape index (κ1) is 11.6. The maximum absolute atomic E-state index is 4.27. The molecule has 0 radical (unpaired) electrons. The van der Waals surface area contributed by atoms with E-state index >= 15 is 0 Å². The van der Waals surface area contributed by atoms with Crippen molar-refractivity contribution in [1.82, 2.24) is 19.4 Å². The van der Waals surface area contributed by atoms with Crippen LogP contribution in [0.1, 0.15) is 25.6 Å². The molecule has 90 valence electrons. The van der Waals surface area contributed by atoms with Gasteiger partial charge in [0.15, 0.2) is 0 Å². The summed E-state index contributed by atoms with van der Waals surface area (Å²) in [6.07, 6.45) is 3.97. The van der Waals surface area contributed by atoms with Crippen molar-refractivity contribution >= 4 is 0 Å². The van der Waals surface area contributed by atoms with Crippen LogP contribution in [0.2, 0.25) is 0 Å². The van der Waals surface area contributed by atoms with E-state index < -0.39 is 0 Å². The highest BCUT2D eigenvalue weighted by Crippen LogP contribution is 2.20. The molecule has 16 heavy (non-hydrogen) atoms. The second-order valence-electron chi connectivity index (χ2n) is 4.63. The van der Waals surface area contributed by atoms with Gasteiger partial charge in [0.1, 0.15) is 0 Å². The standard InChI is InChI=1S/C12H22N4/c1-4-15(5-2)9-12-8-14(3)7-11-6-13-10-16(11)12/h6,10,12H,4-5,7-9H2,1-3H3/t12-/m1/s1. The zero-order valence-electron chi connectivity index (χ0n) is 10.6. The minimum absolute atomic E-state index is 0.552. The van der Waals surface area contributed by atoms with Gasteiger partial charge in [-0.1, -0.05) is 13.8 Å². The molecule has 4 heteroatoms. The Balaban J connectivity index is 2.11. The van der Waals surface area contributed by atoms with E-state index in [0.717, 1.165) is 32.7 Å². The Morgan fingerprint density at radius 1 is 1.44 bits per heavy atom. The van der Waals surface area contributed by atoms with Gasteiger partial charge in [-0.25, -0.2) is 4.98 Å². The molecule has 1 aliphatic rings. The number of imidazole rings is 1. The summed E-state index contributed by atoms with van der Waals surface area (Å²) in [5.41, 5.74) is 1.34. The first-order valence-corrected chi connectivity index (χ1v) is 6.16. The van der Waals surface area contributed by atoms with Gasteiger partial charge in [-0.3, -0.25) is 4.90 Å². The molecule has 0 unspecified atom stereocenters. The Hall–Kier alpha value is -0.870. The lowest BCUT2D eigenvalue weighted by Gasteiger charge is -2.34. The van der Waals surface area contributed by atoms with Crippen LogP contribution in [0.4, 0.5) is 0 Å². The van der Waals surface area contributed by atoms with E-state index in [1.807, 2.05) is 12.5 Å². The minimum atomic E-state index is 0.552. The Bertz CT molecular complexity index is 330. The fourth-order valence-electron chi connectivity index (χ4n) is 2.50. The maximum Gasteiger partial charge on any atom is 0.0952 e. The Morgan fingerprint density at radius 3 is 2.88 bits per heavy atom. The van der Waals surface area contributed by atoms with E-state index in [1.165, 1.54) is 5.69 Å². The van der Waals surface area contributed by atoms with Crippen LogP contribution in [0.5, 0.6) is 0 Å². The van der Waals surface area contributed by atoms with Crippen molar-refractivity contribution in [2.45, 2.75) is 26.4 Å². The fourth-order valence-corrected chi connectivity index (χ4v) is 2.50. The van der Waals surface area contributed by atoms with Gasteiger partial charge in [-0.2, -0.15) is 0 Å². The number of aromatic nitrogens is 2. The van der Waals surface area contributed by atoms with E-state index in [9.17, 15) is 0 Å². The van der Waals surface area contributed by atoms with Gasteiger partial charge in [0.25, 0.3) is 0 Å². The fraction of sp³-hybridized carbons (Fsp3) is 0.750. The highest BCUT2D eigenvalue weighted by Gasteiger charge is 2.23. The minimum Gasteiger partial charge on any atom is -0.328 e. The quantitative estimate of drug-likeness (QED) is 0.765. The first-order valence-electron chi connectivity index (χ1n) is 6.16. The van der Waals surface area contributed by atoms with Crippen LogP contribution < -0.4 is 0 Å². The number of fused-ring (bicyclic) bond motifs is 1. The monoisotopic (exact) mass is 222 g/mol. The predicted molar refractivity (Wildman–Crippen MR) is 65.4 cm³/mol. The molecule has 0 fully saturated rings. The average Bonchev–Trinajstić information content (AvgIpc) is 2.73. The summed E-state index contributed by atoms with van der Waals surface area (Å²) < 4.78 is 2.35. The van der Waals surface area contributed by atoms with Crippen molar-refractivity contribution in [2.75, 3.05) is 33.2 Å². The first-order chi connectivity index (χ1) is 7.74. The molecule has 1 atom stereocenters. The van der Waals surface area contributed by atoms with Gasteiger partial charge in [0.05, 0.1) is 18.1 Å². The van der Waals surface area contributed by atoms with Crippen molar-refractivity contribution in [3.8, 4) is 0 Å². The highest BCUT2D eigenvalue weighted by molar-refractivity contribution is 5.04. The zero-order valence-corrected chi connectivity index (χ0v) is 10.6. The molecule has 0 bridgehead atoms. The van der Waals surface area contributed by atoms with Crippen LogP contribution in [-0.4, -0.2) is 52.6 Å². The maximum atomic E-state index is 4.27. The summed E-state index contributed by atoms with van der Waals surface area (Å²) in [4.78, 5) is 9.13. The molecule has 1 aromatic heterocycles. The number of hydrogen-bond acceptors (Lipinski definition) is 3. The number of nitrogens with zero attached hydrogens (tertiary/aromatic N) is 4. The summed E-state index contributed by atoms with van der Waals surface area (Å²) in [7, 11) is 2.19. The van der Waals surface area contributed by atoms with Crippen molar-refractivity contribution in [1.29, 1.82) is 0 Å². The topological polar surface area (TPSA) is 24.3 Å². The van der Waals surface area contributed by atoms with Gasteiger partial charge in [0.2, 0.25) is 0 Å². The summed E-state index contributed by atoms with van der Waals surface area (Å²) in [5, 5.41) is 0. The normalized spacial score (nSPS) is 21.4. The third-order valence-corrected chi connectivity index (χ3v) is 3.46. The lowest BCUT2D eigenvalue weighted by atomic mass is 10.2. The zero-order chi connectivity index (χ0) is 11.5. The number of rotatable bonds is 4. The summed E-state index contributed by atoms with van der Waals surface area (Å²) in [6, 6.07) is 0.552. The summed E-state index contributed by atoms with van der Waals surface area (Å²) in [6.45, 7) is 9.98. The van der Waals surface area contributed by atoms with E-state index in [0.29, 0.717) is 6.04 Å². The molecule has 1 aromatic rings. The second-order valence-corrected chi connectivity index (χ2v) is 4.63. The Labute approximate surface area is 97.9 Å². The third-order valence-electron chi connectivity index (χ3n) is 3.46.